The van der Waals surface area contributed by atoms with Crippen LogP contribution in [-0.2, 0) is 19.8 Å². The zero-order valence-corrected chi connectivity index (χ0v) is 22.6. The van der Waals surface area contributed by atoms with Crippen LogP contribution in [0.25, 0.3) is 11.2 Å². The minimum absolute atomic E-state index is 0.00552. The van der Waals surface area contributed by atoms with Crippen LogP contribution in [0.2, 0.25) is 0 Å². The maximum atomic E-state index is 14.3. The summed E-state index contributed by atoms with van der Waals surface area (Å²) >= 11 is 0. The molecule has 40 heavy (non-hydrogen) atoms. The zero-order valence-electron chi connectivity index (χ0n) is 22.6. The van der Waals surface area contributed by atoms with Crippen molar-refractivity contribution >= 4 is 5.52 Å². The van der Waals surface area contributed by atoms with Crippen molar-refractivity contribution in [1.82, 2.24) is 28.6 Å². The molecule has 210 valence electrons. The van der Waals surface area contributed by atoms with Gasteiger partial charge in [-0.2, -0.15) is 13.2 Å². The Bertz CT molecular complexity index is 1610. The monoisotopic (exact) mass is 550 g/mol. The Kier molecular flexibility index (Phi) is 5.96. The number of benzene rings is 1. The van der Waals surface area contributed by atoms with E-state index in [1.165, 1.54) is 46.9 Å². The molecule has 0 N–H and O–H groups in total. The number of likely N-dealkylation sites (tertiary alicyclic amines) is 1. The van der Waals surface area contributed by atoms with Gasteiger partial charge in [0.25, 0.3) is 0 Å². The number of imidazole rings is 1. The second-order valence-corrected chi connectivity index (χ2v) is 12.2. The smallest absolute Gasteiger partial charge is 0.320 e. The highest BCUT2D eigenvalue weighted by Crippen LogP contribution is 2.46. The van der Waals surface area contributed by atoms with E-state index >= 15 is 0 Å². The van der Waals surface area contributed by atoms with Crippen LogP contribution < -0.4 is 5.69 Å². The standard InChI is InChI=1S/C30H33F3N6O/c1-36-19-34-35-27(36)26(21-6-4-7-21)22-8-5-9-23(13-22)38-16-25-24(30(31,32)33)12-20(15-39(25)28(38)40)14-37-17-29(18-37)10-2-3-11-29/h5,8-9,12-13,15-16,19,21,26H,2-4,6-7,10-11,14,17-18H2,1H3/t26-/m1/s1. The van der Waals surface area contributed by atoms with Crippen LogP contribution >= 0.6 is 0 Å². The van der Waals surface area contributed by atoms with E-state index in [0.717, 1.165) is 43.7 Å². The normalized spacial score (nSPS) is 20.2. The van der Waals surface area contributed by atoms with Crippen molar-refractivity contribution in [3.63, 3.8) is 0 Å². The first kappa shape index (κ1) is 25.6. The van der Waals surface area contributed by atoms with Crippen molar-refractivity contribution in [2.75, 3.05) is 13.1 Å². The molecule has 2 saturated carbocycles. The van der Waals surface area contributed by atoms with Gasteiger partial charge in [-0.15, -0.1) is 10.2 Å². The molecule has 1 saturated heterocycles. The van der Waals surface area contributed by atoms with Crippen LogP contribution in [0.15, 0.2) is 53.8 Å². The average molecular weight is 551 g/mol. The van der Waals surface area contributed by atoms with E-state index in [4.69, 9.17) is 0 Å². The van der Waals surface area contributed by atoms with Crippen LogP contribution in [0.1, 0.15) is 73.4 Å². The second kappa shape index (κ2) is 9.33. The van der Waals surface area contributed by atoms with E-state index in [0.29, 0.717) is 29.1 Å². The first-order valence-corrected chi connectivity index (χ1v) is 14.2. The average Bonchev–Trinajstić information content (AvgIpc) is 3.60. The van der Waals surface area contributed by atoms with Crippen molar-refractivity contribution in [2.24, 2.45) is 18.4 Å². The Morgan fingerprint density at radius 2 is 1.85 bits per heavy atom. The number of rotatable bonds is 6. The number of pyridine rings is 1. The molecular formula is C30H33F3N6O. The van der Waals surface area contributed by atoms with E-state index in [1.54, 1.807) is 18.6 Å². The lowest BCUT2D eigenvalue weighted by Gasteiger charge is -2.48. The van der Waals surface area contributed by atoms with Gasteiger partial charge in [0.05, 0.1) is 16.8 Å². The molecule has 0 radical (unpaired) electrons. The first-order chi connectivity index (χ1) is 19.2. The largest absolute Gasteiger partial charge is 0.418 e. The molecule has 1 atom stereocenters. The van der Waals surface area contributed by atoms with E-state index in [-0.39, 0.29) is 11.4 Å². The highest BCUT2D eigenvalue weighted by molar-refractivity contribution is 5.58. The van der Waals surface area contributed by atoms with Crippen LogP contribution in [0.5, 0.6) is 0 Å². The zero-order chi connectivity index (χ0) is 27.6. The summed E-state index contributed by atoms with van der Waals surface area (Å²) in [5.41, 5.74) is 0.965. The minimum Gasteiger partial charge on any atom is -0.320 e. The number of nitrogens with zero attached hydrogens (tertiary/aromatic N) is 6. The lowest BCUT2D eigenvalue weighted by atomic mass is 9.72. The Labute approximate surface area is 230 Å². The molecule has 7 nitrogen and oxygen atoms in total. The third kappa shape index (κ3) is 4.27. The molecule has 10 heteroatoms. The fourth-order valence-corrected chi connectivity index (χ4v) is 7.30. The first-order valence-electron chi connectivity index (χ1n) is 14.2. The lowest BCUT2D eigenvalue weighted by molar-refractivity contribution is -0.136. The summed E-state index contributed by atoms with van der Waals surface area (Å²) in [4.78, 5) is 15.8. The number of halogens is 3. The maximum Gasteiger partial charge on any atom is 0.418 e. The van der Waals surface area contributed by atoms with Crippen LogP contribution in [0.3, 0.4) is 0 Å². The molecule has 4 aromatic rings. The number of fused-ring (bicyclic) bond motifs is 1. The van der Waals surface area contributed by atoms with E-state index < -0.39 is 17.4 Å². The van der Waals surface area contributed by atoms with Gasteiger partial charge in [0.15, 0.2) is 0 Å². The Morgan fingerprint density at radius 3 is 2.50 bits per heavy atom. The molecule has 0 bridgehead atoms. The second-order valence-electron chi connectivity index (χ2n) is 12.2. The molecule has 7 rings (SSSR count). The van der Waals surface area contributed by atoms with Crippen LogP contribution in [0.4, 0.5) is 13.2 Å². The number of hydrogen-bond acceptors (Lipinski definition) is 4. The fraction of sp³-hybridized carbons (Fsp3) is 0.500. The number of aryl methyl sites for hydroxylation is 1. The molecule has 4 heterocycles. The van der Waals surface area contributed by atoms with Gasteiger partial charge in [0.1, 0.15) is 12.2 Å². The molecule has 0 unspecified atom stereocenters. The van der Waals surface area contributed by atoms with E-state index in [9.17, 15) is 18.0 Å². The van der Waals surface area contributed by atoms with E-state index in [1.807, 2.05) is 29.8 Å². The summed E-state index contributed by atoms with van der Waals surface area (Å²) in [5, 5.41) is 8.44. The number of alkyl halides is 3. The Morgan fingerprint density at radius 1 is 1.07 bits per heavy atom. The third-order valence-corrected chi connectivity index (χ3v) is 9.47. The van der Waals surface area contributed by atoms with Gasteiger partial charge in [0, 0.05) is 45.0 Å². The molecule has 3 aromatic heterocycles. The van der Waals surface area contributed by atoms with Gasteiger partial charge < -0.3 is 4.57 Å². The van der Waals surface area contributed by atoms with E-state index in [2.05, 4.69) is 15.1 Å². The van der Waals surface area contributed by atoms with Gasteiger partial charge >= 0.3 is 11.9 Å². The summed E-state index contributed by atoms with van der Waals surface area (Å²) in [6.45, 7) is 2.25. The minimum atomic E-state index is -4.58. The highest BCUT2D eigenvalue weighted by Gasteiger charge is 2.44. The summed E-state index contributed by atoms with van der Waals surface area (Å²) < 4.78 is 47.2. The summed E-state index contributed by atoms with van der Waals surface area (Å²) in [7, 11) is 1.92. The molecule has 3 aliphatic rings. The quantitative estimate of drug-likeness (QED) is 0.316. The third-order valence-electron chi connectivity index (χ3n) is 9.47. The van der Waals surface area contributed by atoms with Gasteiger partial charge in [-0.25, -0.2) is 4.79 Å². The topological polar surface area (TPSA) is 60.4 Å². The van der Waals surface area contributed by atoms with Gasteiger partial charge in [-0.3, -0.25) is 13.9 Å². The summed E-state index contributed by atoms with van der Waals surface area (Å²) in [6.07, 6.45) is 8.21. The summed E-state index contributed by atoms with van der Waals surface area (Å²) in [5.74, 6) is 1.27. The molecule has 0 amide bonds. The Balaban J connectivity index is 1.26. The Hall–Kier alpha value is -3.40. The molecule has 1 aromatic carbocycles. The van der Waals surface area contributed by atoms with Crippen LogP contribution in [-0.4, -0.2) is 41.7 Å². The van der Waals surface area contributed by atoms with Crippen LogP contribution in [0, 0.1) is 11.3 Å². The van der Waals surface area contributed by atoms with Crippen molar-refractivity contribution in [3.05, 3.63) is 82.1 Å². The highest BCUT2D eigenvalue weighted by atomic mass is 19.4. The molecule has 1 aliphatic heterocycles. The van der Waals surface area contributed by atoms with Gasteiger partial charge in [0.2, 0.25) is 0 Å². The van der Waals surface area contributed by atoms with Crippen molar-refractivity contribution < 1.29 is 13.2 Å². The number of hydrogen-bond donors (Lipinski definition) is 0. The molecule has 2 aliphatic carbocycles. The summed E-state index contributed by atoms with van der Waals surface area (Å²) in [6, 6.07) is 8.77. The fourth-order valence-electron chi connectivity index (χ4n) is 7.30. The SMILES string of the molecule is Cn1cnnc1[C@@H](c1cccc(-n2cc3c(C(F)(F)F)cc(CN4CC5(CCCC5)C4)cn3c2=O)c1)C1CCC1. The molecular weight excluding hydrogens is 517 g/mol. The predicted molar refractivity (Wildman–Crippen MR) is 144 cm³/mol. The number of aromatic nitrogens is 5. The molecule has 1 spiro atoms. The predicted octanol–water partition coefficient (Wildman–Crippen LogP) is 5.55. The van der Waals surface area contributed by atoms with Gasteiger partial charge in [-0.05, 0) is 66.3 Å². The van der Waals surface area contributed by atoms with Crippen molar-refractivity contribution in [3.8, 4) is 5.69 Å². The van der Waals surface area contributed by atoms with Crippen molar-refractivity contribution in [1.29, 1.82) is 0 Å². The lowest BCUT2D eigenvalue weighted by Crippen LogP contribution is -2.54. The molecule has 3 fully saturated rings. The maximum absolute atomic E-state index is 14.3. The van der Waals surface area contributed by atoms with Crippen molar-refractivity contribution in [2.45, 2.75) is 63.6 Å². The van der Waals surface area contributed by atoms with Gasteiger partial charge in [-0.1, -0.05) is 31.4 Å².